The summed E-state index contributed by atoms with van der Waals surface area (Å²) in [6.45, 7) is 6.07. The molecule has 2 aromatic heterocycles. The minimum atomic E-state index is -1.23. The Morgan fingerprint density at radius 1 is 1.08 bits per heavy atom. The molecule has 198 valence electrons. The number of amides is 1. The van der Waals surface area contributed by atoms with Gasteiger partial charge in [0.1, 0.15) is 41.1 Å². The van der Waals surface area contributed by atoms with Gasteiger partial charge in [-0.25, -0.2) is 23.8 Å². The fourth-order valence-electron chi connectivity index (χ4n) is 4.54. The van der Waals surface area contributed by atoms with Crippen LogP contribution in [-0.2, 0) is 11.3 Å². The maximum absolute atomic E-state index is 15.2. The lowest BCUT2D eigenvalue weighted by atomic mass is 9.95. The number of nitrogens with zero attached hydrogens (tertiary/aromatic N) is 5. The number of ether oxygens (including phenoxy) is 2. The van der Waals surface area contributed by atoms with Crippen molar-refractivity contribution in [1.82, 2.24) is 24.6 Å². The number of para-hydroxylation sites is 1. The van der Waals surface area contributed by atoms with Crippen LogP contribution >= 0.6 is 0 Å². The second kappa shape index (κ2) is 10.3. The summed E-state index contributed by atoms with van der Waals surface area (Å²) < 4.78 is 28.2. The fourth-order valence-corrected chi connectivity index (χ4v) is 4.54. The van der Waals surface area contributed by atoms with Gasteiger partial charge in [-0.1, -0.05) is 18.2 Å². The van der Waals surface area contributed by atoms with Gasteiger partial charge >= 0.3 is 6.09 Å². The quantitative estimate of drug-likeness (QED) is 0.374. The van der Waals surface area contributed by atoms with E-state index in [0.29, 0.717) is 47.8 Å². The van der Waals surface area contributed by atoms with Crippen LogP contribution in [0.5, 0.6) is 11.5 Å². The number of piperidine rings is 1. The Balaban J connectivity index is 1.36. The highest BCUT2D eigenvalue weighted by Gasteiger charge is 2.34. The minimum absolute atomic E-state index is 0.0222. The smallest absolute Gasteiger partial charge is 0.410 e. The first-order valence-electron chi connectivity index (χ1n) is 12.6. The SMILES string of the molecule is CC(C)(C)OC(=O)N1CC[C@@H](Cn2nc(-c3ccc(Oc4ccccc4)cc3)c3c(N)ncnc32)[C@H](F)C1. The average Bonchev–Trinajstić information content (AvgIpc) is 3.25. The number of nitrogens with two attached hydrogens (primary N) is 1. The van der Waals surface area contributed by atoms with Gasteiger partial charge in [0.2, 0.25) is 0 Å². The largest absolute Gasteiger partial charge is 0.457 e. The molecule has 1 amide bonds. The normalized spacial score (nSPS) is 17.9. The number of nitrogen functional groups attached to an aromatic ring is 1. The third-order valence-electron chi connectivity index (χ3n) is 6.40. The standard InChI is InChI=1S/C28H31FN6O3/c1-28(2,3)38-27(36)34-14-13-19(22(29)16-34)15-35-26-23(25(30)31-17-32-26)24(33-35)18-9-11-21(12-10-18)37-20-7-5-4-6-8-20/h4-12,17,19,22H,13-16H2,1-3H3,(H2,30,31,32)/t19-,22+/m0/s1. The molecule has 5 rings (SSSR count). The van der Waals surface area contributed by atoms with E-state index in [4.69, 9.17) is 20.3 Å². The van der Waals surface area contributed by atoms with Crippen molar-refractivity contribution in [2.24, 2.45) is 5.92 Å². The number of fused-ring (bicyclic) bond motifs is 1. The van der Waals surface area contributed by atoms with Crippen molar-refractivity contribution in [2.45, 2.75) is 45.5 Å². The van der Waals surface area contributed by atoms with Crippen molar-refractivity contribution in [3.05, 3.63) is 60.9 Å². The number of benzene rings is 2. The minimum Gasteiger partial charge on any atom is -0.457 e. The number of hydrogen-bond acceptors (Lipinski definition) is 7. The van der Waals surface area contributed by atoms with E-state index >= 15 is 4.39 Å². The molecule has 2 N–H and O–H groups in total. The van der Waals surface area contributed by atoms with Crippen LogP contribution in [0.25, 0.3) is 22.3 Å². The zero-order valence-electron chi connectivity index (χ0n) is 21.7. The van der Waals surface area contributed by atoms with Gasteiger partial charge < -0.3 is 20.1 Å². The Bertz CT molecular complexity index is 1420. The van der Waals surface area contributed by atoms with Crippen molar-refractivity contribution in [3.63, 3.8) is 0 Å². The van der Waals surface area contributed by atoms with Gasteiger partial charge in [-0.3, -0.25) is 0 Å². The van der Waals surface area contributed by atoms with Gasteiger partial charge in [-0.2, -0.15) is 5.10 Å². The molecule has 9 nitrogen and oxygen atoms in total. The number of aromatic nitrogens is 4. The molecule has 0 radical (unpaired) electrons. The summed E-state index contributed by atoms with van der Waals surface area (Å²) in [6, 6.07) is 17.0. The molecule has 0 bridgehead atoms. The summed E-state index contributed by atoms with van der Waals surface area (Å²) in [7, 11) is 0. The second-order valence-electron chi connectivity index (χ2n) is 10.4. The first-order valence-corrected chi connectivity index (χ1v) is 12.6. The molecule has 1 aliphatic rings. The molecule has 1 saturated heterocycles. The van der Waals surface area contributed by atoms with E-state index in [1.165, 1.54) is 11.2 Å². The van der Waals surface area contributed by atoms with Crippen LogP contribution in [0.4, 0.5) is 15.0 Å². The van der Waals surface area contributed by atoms with E-state index in [1.54, 1.807) is 25.5 Å². The van der Waals surface area contributed by atoms with Crippen molar-refractivity contribution >= 4 is 22.9 Å². The van der Waals surface area contributed by atoms with E-state index in [-0.39, 0.29) is 12.5 Å². The highest BCUT2D eigenvalue weighted by atomic mass is 19.1. The first-order chi connectivity index (χ1) is 18.2. The maximum Gasteiger partial charge on any atom is 0.410 e. The molecule has 3 heterocycles. The molecule has 2 atom stereocenters. The Labute approximate surface area is 220 Å². The number of hydrogen-bond donors (Lipinski definition) is 1. The molecule has 0 spiro atoms. The van der Waals surface area contributed by atoms with Crippen LogP contribution in [0.1, 0.15) is 27.2 Å². The average molecular weight is 519 g/mol. The topological polar surface area (TPSA) is 108 Å². The number of likely N-dealkylation sites (tertiary alicyclic amines) is 1. The van der Waals surface area contributed by atoms with Crippen LogP contribution in [0.15, 0.2) is 60.9 Å². The molecular weight excluding hydrogens is 487 g/mol. The van der Waals surface area contributed by atoms with Crippen molar-refractivity contribution < 1.29 is 18.7 Å². The highest BCUT2D eigenvalue weighted by molar-refractivity contribution is 5.98. The number of rotatable bonds is 5. The summed E-state index contributed by atoms with van der Waals surface area (Å²) in [4.78, 5) is 22.4. The van der Waals surface area contributed by atoms with E-state index in [1.807, 2.05) is 54.6 Å². The summed E-state index contributed by atoms with van der Waals surface area (Å²) in [6.07, 6.45) is 0.135. The number of alkyl halides is 1. The predicted octanol–water partition coefficient (Wildman–Crippen LogP) is 5.46. The summed E-state index contributed by atoms with van der Waals surface area (Å²) >= 11 is 0. The zero-order chi connectivity index (χ0) is 26.9. The van der Waals surface area contributed by atoms with Crippen molar-refractivity contribution in [2.75, 3.05) is 18.8 Å². The van der Waals surface area contributed by atoms with Crippen LogP contribution in [0, 0.1) is 5.92 Å². The number of anilines is 1. The monoisotopic (exact) mass is 518 g/mol. The molecule has 0 unspecified atom stereocenters. The lowest BCUT2D eigenvalue weighted by molar-refractivity contribution is 0.00363. The second-order valence-corrected chi connectivity index (χ2v) is 10.4. The summed E-state index contributed by atoms with van der Waals surface area (Å²) in [5.41, 5.74) is 7.58. The van der Waals surface area contributed by atoms with Gasteiger partial charge in [0, 0.05) is 24.6 Å². The zero-order valence-corrected chi connectivity index (χ0v) is 21.7. The number of carbonyl (C=O) groups excluding carboxylic acids is 1. The van der Waals surface area contributed by atoms with Crippen LogP contribution in [0.2, 0.25) is 0 Å². The highest BCUT2D eigenvalue weighted by Crippen LogP contribution is 2.33. The van der Waals surface area contributed by atoms with Gasteiger partial charge in [0.25, 0.3) is 0 Å². The Morgan fingerprint density at radius 2 is 1.79 bits per heavy atom. The van der Waals surface area contributed by atoms with Crippen LogP contribution < -0.4 is 10.5 Å². The Kier molecular flexibility index (Phi) is 6.88. The lowest BCUT2D eigenvalue weighted by Gasteiger charge is -2.35. The predicted molar refractivity (Wildman–Crippen MR) is 142 cm³/mol. The van der Waals surface area contributed by atoms with E-state index < -0.39 is 17.9 Å². The van der Waals surface area contributed by atoms with Crippen LogP contribution in [0.3, 0.4) is 0 Å². The number of halogens is 1. The summed E-state index contributed by atoms with van der Waals surface area (Å²) in [5.74, 6) is 1.39. The first kappa shape index (κ1) is 25.4. The molecule has 0 saturated carbocycles. The fraction of sp³-hybridized carbons (Fsp3) is 0.357. The van der Waals surface area contributed by atoms with Gasteiger partial charge in [-0.15, -0.1) is 0 Å². The van der Waals surface area contributed by atoms with Crippen LogP contribution in [-0.4, -0.2) is 55.6 Å². The lowest BCUT2D eigenvalue weighted by Crippen LogP contribution is -2.47. The molecular formula is C28H31FN6O3. The van der Waals surface area contributed by atoms with Crippen molar-refractivity contribution in [3.8, 4) is 22.8 Å². The Hall–Kier alpha value is -4.21. The third kappa shape index (κ3) is 5.53. The van der Waals surface area contributed by atoms with E-state index in [0.717, 1.165) is 11.3 Å². The number of carbonyl (C=O) groups is 1. The molecule has 2 aromatic carbocycles. The summed E-state index contributed by atoms with van der Waals surface area (Å²) in [5, 5.41) is 5.40. The maximum atomic E-state index is 15.2. The third-order valence-corrected chi connectivity index (χ3v) is 6.40. The van der Waals surface area contributed by atoms with E-state index in [2.05, 4.69) is 9.97 Å². The van der Waals surface area contributed by atoms with Gasteiger partial charge in [-0.05, 0) is 63.6 Å². The molecule has 1 aliphatic heterocycles. The molecule has 4 aromatic rings. The Morgan fingerprint density at radius 3 is 2.47 bits per heavy atom. The molecule has 0 aliphatic carbocycles. The molecule has 1 fully saturated rings. The van der Waals surface area contributed by atoms with Gasteiger partial charge in [0.15, 0.2) is 5.65 Å². The van der Waals surface area contributed by atoms with Gasteiger partial charge in [0.05, 0.1) is 11.9 Å². The molecule has 38 heavy (non-hydrogen) atoms. The van der Waals surface area contributed by atoms with E-state index in [9.17, 15) is 4.79 Å². The molecule has 10 heteroatoms. The van der Waals surface area contributed by atoms with Crippen molar-refractivity contribution in [1.29, 1.82) is 0 Å².